The van der Waals surface area contributed by atoms with E-state index in [0.717, 1.165) is 12.8 Å². The Bertz CT molecular complexity index is 119. The first-order chi connectivity index (χ1) is 6.25. The van der Waals surface area contributed by atoms with Gasteiger partial charge in [0.1, 0.15) is 6.23 Å². The van der Waals surface area contributed by atoms with Crippen molar-refractivity contribution in [2.75, 3.05) is 13.2 Å². The SMILES string of the molecule is CC.CCCC(C)C1OCCN1O. The van der Waals surface area contributed by atoms with Crippen LogP contribution in [0.3, 0.4) is 0 Å². The van der Waals surface area contributed by atoms with E-state index in [9.17, 15) is 5.21 Å². The minimum atomic E-state index is -0.0602. The molecule has 1 saturated heterocycles. The Kier molecular flexibility index (Phi) is 7.23. The second-order valence-corrected chi connectivity index (χ2v) is 3.19. The maximum atomic E-state index is 9.29. The summed E-state index contributed by atoms with van der Waals surface area (Å²) in [5.74, 6) is 0.437. The van der Waals surface area contributed by atoms with Gasteiger partial charge in [-0.3, -0.25) is 0 Å². The van der Waals surface area contributed by atoms with Gasteiger partial charge in [0.2, 0.25) is 0 Å². The van der Waals surface area contributed by atoms with Gasteiger partial charge in [-0.25, -0.2) is 0 Å². The predicted octanol–water partition coefficient (Wildman–Crippen LogP) is 2.50. The van der Waals surface area contributed by atoms with Crippen LogP contribution in [0.15, 0.2) is 0 Å². The lowest BCUT2D eigenvalue weighted by molar-refractivity contribution is -0.172. The second kappa shape index (κ2) is 7.30. The van der Waals surface area contributed by atoms with Crippen LogP contribution in [0.4, 0.5) is 0 Å². The molecule has 2 unspecified atom stereocenters. The van der Waals surface area contributed by atoms with Gasteiger partial charge in [0.05, 0.1) is 13.2 Å². The summed E-state index contributed by atoms with van der Waals surface area (Å²) in [6, 6.07) is 0. The monoisotopic (exact) mass is 189 g/mol. The molecule has 0 spiro atoms. The summed E-state index contributed by atoms with van der Waals surface area (Å²) < 4.78 is 5.36. The highest BCUT2D eigenvalue weighted by atomic mass is 16.6. The molecule has 0 bridgehead atoms. The highest BCUT2D eigenvalue weighted by Crippen LogP contribution is 2.19. The van der Waals surface area contributed by atoms with Crippen LogP contribution in [0.1, 0.15) is 40.5 Å². The van der Waals surface area contributed by atoms with E-state index >= 15 is 0 Å². The Morgan fingerprint density at radius 2 is 2.15 bits per heavy atom. The van der Waals surface area contributed by atoms with E-state index in [1.54, 1.807) is 0 Å². The van der Waals surface area contributed by atoms with E-state index in [-0.39, 0.29) is 6.23 Å². The molecule has 0 aromatic carbocycles. The fraction of sp³-hybridized carbons (Fsp3) is 1.00. The quantitative estimate of drug-likeness (QED) is 0.740. The number of hydrogen-bond donors (Lipinski definition) is 1. The van der Waals surface area contributed by atoms with Crippen molar-refractivity contribution in [1.82, 2.24) is 5.06 Å². The van der Waals surface area contributed by atoms with Crippen molar-refractivity contribution in [3.63, 3.8) is 0 Å². The summed E-state index contributed by atoms with van der Waals surface area (Å²) in [5, 5.41) is 10.6. The highest BCUT2D eigenvalue weighted by molar-refractivity contribution is 4.67. The minimum Gasteiger partial charge on any atom is -0.359 e. The summed E-state index contributed by atoms with van der Waals surface area (Å²) >= 11 is 0. The van der Waals surface area contributed by atoms with Gasteiger partial charge in [0.25, 0.3) is 0 Å². The Morgan fingerprint density at radius 3 is 2.54 bits per heavy atom. The molecule has 1 aliphatic heterocycles. The van der Waals surface area contributed by atoms with Gasteiger partial charge in [-0.05, 0) is 12.3 Å². The van der Waals surface area contributed by atoms with Gasteiger partial charge in [-0.1, -0.05) is 34.1 Å². The Hall–Kier alpha value is -0.120. The molecule has 1 rings (SSSR count). The molecule has 1 heterocycles. The van der Waals surface area contributed by atoms with Crippen LogP contribution in [-0.4, -0.2) is 29.7 Å². The third-order valence-electron chi connectivity index (χ3n) is 2.13. The molecule has 3 nitrogen and oxygen atoms in total. The molecule has 0 aliphatic carbocycles. The molecule has 1 fully saturated rings. The van der Waals surface area contributed by atoms with Crippen LogP contribution in [0, 0.1) is 5.92 Å². The Morgan fingerprint density at radius 1 is 1.54 bits per heavy atom. The first-order valence-electron chi connectivity index (χ1n) is 5.32. The average Bonchev–Trinajstić information content (AvgIpc) is 2.55. The minimum absolute atomic E-state index is 0.0602. The van der Waals surface area contributed by atoms with Crippen molar-refractivity contribution in [1.29, 1.82) is 0 Å². The fourth-order valence-corrected chi connectivity index (χ4v) is 1.54. The van der Waals surface area contributed by atoms with Crippen LogP contribution >= 0.6 is 0 Å². The number of rotatable bonds is 3. The van der Waals surface area contributed by atoms with Crippen LogP contribution in [0.2, 0.25) is 0 Å². The number of hydrogen-bond acceptors (Lipinski definition) is 3. The van der Waals surface area contributed by atoms with Gasteiger partial charge in [0, 0.05) is 0 Å². The molecule has 0 aromatic heterocycles. The van der Waals surface area contributed by atoms with E-state index < -0.39 is 0 Å². The van der Waals surface area contributed by atoms with E-state index in [2.05, 4.69) is 13.8 Å². The number of hydroxylamine groups is 2. The normalized spacial score (nSPS) is 25.2. The maximum absolute atomic E-state index is 9.29. The summed E-state index contributed by atoms with van der Waals surface area (Å²) in [4.78, 5) is 0. The van der Waals surface area contributed by atoms with Crippen molar-refractivity contribution in [2.45, 2.75) is 46.8 Å². The Balaban J connectivity index is 0.000000671. The lowest BCUT2D eigenvalue weighted by Gasteiger charge is -2.22. The van der Waals surface area contributed by atoms with Gasteiger partial charge >= 0.3 is 0 Å². The molecule has 0 amide bonds. The molecular weight excluding hydrogens is 166 g/mol. The zero-order chi connectivity index (χ0) is 10.3. The molecule has 2 atom stereocenters. The molecular formula is C10H23NO2. The van der Waals surface area contributed by atoms with Crippen LogP contribution in [0.25, 0.3) is 0 Å². The van der Waals surface area contributed by atoms with Crippen LogP contribution in [-0.2, 0) is 4.74 Å². The Labute approximate surface area is 81.6 Å². The fourth-order valence-electron chi connectivity index (χ4n) is 1.54. The molecule has 0 aromatic rings. The number of ether oxygens (including phenoxy) is 1. The van der Waals surface area contributed by atoms with Crippen molar-refractivity contribution >= 4 is 0 Å². The van der Waals surface area contributed by atoms with Crippen LogP contribution in [0.5, 0.6) is 0 Å². The molecule has 1 N–H and O–H groups in total. The molecule has 0 saturated carbocycles. The standard InChI is InChI=1S/C8H17NO2.C2H6/c1-3-4-7(2)8-9(10)5-6-11-8;1-2/h7-8,10H,3-6H2,1-2H3;1-2H3. The average molecular weight is 189 g/mol. The largest absolute Gasteiger partial charge is 0.359 e. The number of nitrogens with zero attached hydrogens (tertiary/aromatic N) is 1. The van der Waals surface area contributed by atoms with Gasteiger partial charge in [0.15, 0.2) is 0 Å². The highest BCUT2D eigenvalue weighted by Gasteiger charge is 2.28. The molecule has 1 aliphatic rings. The summed E-state index contributed by atoms with van der Waals surface area (Å²) in [6.07, 6.45) is 2.20. The summed E-state index contributed by atoms with van der Waals surface area (Å²) in [6.45, 7) is 9.57. The van der Waals surface area contributed by atoms with Crippen molar-refractivity contribution in [3.05, 3.63) is 0 Å². The predicted molar refractivity (Wildman–Crippen MR) is 53.7 cm³/mol. The van der Waals surface area contributed by atoms with Gasteiger partial charge < -0.3 is 9.94 Å². The zero-order valence-electron chi connectivity index (χ0n) is 9.29. The lowest BCUT2D eigenvalue weighted by atomic mass is 10.0. The molecule has 13 heavy (non-hydrogen) atoms. The topological polar surface area (TPSA) is 32.7 Å². The maximum Gasteiger partial charge on any atom is 0.135 e. The smallest absolute Gasteiger partial charge is 0.135 e. The first-order valence-corrected chi connectivity index (χ1v) is 5.32. The first kappa shape index (κ1) is 12.9. The van der Waals surface area contributed by atoms with Gasteiger partial charge in [-0.2, -0.15) is 5.06 Å². The van der Waals surface area contributed by atoms with E-state index in [4.69, 9.17) is 4.74 Å². The second-order valence-electron chi connectivity index (χ2n) is 3.19. The third-order valence-corrected chi connectivity index (χ3v) is 2.13. The third kappa shape index (κ3) is 4.07. The van der Waals surface area contributed by atoms with Gasteiger partial charge in [-0.15, -0.1) is 0 Å². The van der Waals surface area contributed by atoms with E-state index in [1.807, 2.05) is 13.8 Å². The van der Waals surface area contributed by atoms with Crippen molar-refractivity contribution < 1.29 is 9.94 Å². The summed E-state index contributed by atoms with van der Waals surface area (Å²) in [7, 11) is 0. The summed E-state index contributed by atoms with van der Waals surface area (Å²) in [5.41, 5.74) is 0. The van der Waals surface area contributed by atoms with E-state index in [1.165, 1.54) is 5.06 Å². The lowest BCUT2D eigenvalue weighted by Crippen LogP contribution is -2.32. The molecule has 80 valence electrons. The van der Waals surface area contributed by atoms with E-state index in [0.29, 0.717) is 19.1 Å². The van der Waals surface area contributed by atoms with Crippen molar-refractivity contribution in [3.8, 4) is 0 Å². The molecule has 3 heteroatoms. The molecule has 0 radical (unpaired) electrons. The van der Waals surface area contributed by atoms with Crippen molar-refractivity contribution in [2.24, 2.45) is 5.92 Å². The van der Waals surface area contributed by atoms with Crippen LogP contribution < -0.4 is 0 Å². The zero-order valence-corrected chi connectivity index (χ0v) is 9.29.